The van der Waals surface area contributed by atoms with Gasteiger partial charge in [0.1, 0.15) is 5.75 Å². The van der Waals surface area contributed by atoms with Crippen LogP contribution in [0, 0.1) is 5.41 Å². The quantitative estimate of drug-likeness (QED) is 0.801. The second-order valence-corrected chi connectivity index (χ2v) is 4.39. The fraction of sp³-hybridized carbons (Fsp3) is 0.571. The Morgan fingerprint density at radius 3 is 2.44 bits per heavy atom. The first-order valence-corrected chi connectivity index (χ1v) is 5.93. The maximum Gasteiger partial charge on any atom is 0.119 e. The molecule has 1 aromatic rings. The summed E-state index contributed by atoms with van der Waals surface area (Å²) in [5, 5.41) is 9.53. The average molecular weight is 222 g/mol. The first-order valence-electron chi connectivity index (χ1n) is 5.93. The molecule has 0 spiro atoms. The lowest BCUT2D eigenvalue weighted by Gasteiger charge is -2.29. The SMILES string of the molecule is CCC(CC)(CO)Cc1cccc(OC)c1. The van der Waals surface area contributed by atoms with Crippen molar-refractivity contribution in [2.75, 3.05) is 13.7 Å². The van der Waals surface area contributed by atoms with Gasteiger partial charge in [-0.1, -0.05) is 26.0 Å². The topological polar surface area (TPSA) is 29.5 Å². The van der Waals surface area contributed by atoms with Gasteiger partial charge in [0.25, 0.3) is 0 Å². The molecule has 0 aliphatic rings. The van der Waals surface area contributed by atoms with Crippen LogP contribution in [0.15, 0.2) is 24.3 Å². The third-order valence-corrected chi connectivity index (χ3v) is 3.55. The van der Waals surface area contributed by atoms with Gasteiger partial charge in [0.2, 0.25) is 0 Å². The Balaban J connectivity index is 2.84. The lowest BCUT2D eigenvalue weighted by Crippen LogP contribution is -2.26. The van der Waals surface area contributed by atoms with Crippen LogP contribution < -0.4 is 4.74 Å². The third kappa shape index (κ3) is 2.99. The molecule has 0 atom stereocenters. The summed E-state index contributed by atoms with van der Waals surface area (Å²) in [6, 6.07) is 8.09. The Bertz CT molecular complexity index is 308. The molecule has 0 aromatic heterocycles. The molecule has 2 nitrogen and oxygen atoms in total. The standard InChI is InChI=1S/C14H22O2/c1-4-14(5-2,11-15)10-12-7-6-8-13(9-12)16-3/h6-9,15H,4-5,10-11H2,1-3H3. The molecular formula is C14H22O2. The maximum absolute atomic E-state index is 9.53. The minimum atomic E-state index is 0.0202. The summed E-state index contributed by atoms with van der Waals surface area (Å²) in [7, 11) is 1.68. The molecule has 0 saturated heterocycles. The van der Waals surface area contributed by atoms with Crippen molar-refractivity contribution in [2.24, 2.45) is 5.41 Å². The zero-order valence-electron chi connectivity index (χ0n) is 10.5. The van der Waals surface area contributed by atoms with Crippen molar-refractivity contribution in [3.63, 3.8) is 0 Å². The molecule has 1 N–H and O–H groups in total. The fourth-order valence-corrected chi connectivity index (χ4v) is 1.99. The normalized spacial score (nSPS) is 11.5. The lowest BCUT2D eigenvalue weighted by atomic mass is 9.78. The van der Waals surface area contributed by atoms with Crippen LogP contribution >= 0.6 is 0 Å². The molecule has 0 unspecified atom stereocenters. The molecule has 0 amide bonds. The van der Waals surface area contributed by atoms with E-state index < -0.39 is 0 Å². The van der Waals surface area contributed by atoms with E-state index in [0.717, 1.165) is 25.0 Å². The van der Waals surface area contributed by atoms with Gasteiger partial charge in [0.05, 0.1) is 7.11 Å². The van der Waals surface area contributed by atoms with Gasteiger partial charge in [-0.3, -0.25) is 0 Å². The van der Waals surface area contributed by atoms with E-state index in [2.05, 4.69) is 26.0 Å². The van der Waals surface area contributed by atoms with Gasteiger partial charge in [-0.2, -0.15) is 0 Å². The van der Waals surface area contributed by atoms with E-state index in [1.165, 1.54) is 5.56 Å². The van der Waals surface area contributed by atoms with Gasteiger partial charge in [-0.25, -0.2) is 0 Å². The van der Waals surface area contributed by atoms with E-state index in [1.807, 2.05) is 12.1 Å². The van der Waals surface area contributed by atoms with Crippen LogP contribution in [0.2, 0.25) is 0 Å². The minimum absolute atomic E-state index is 0.0202. The predicted molar refractivity (Wildman–Crippen MR) is 66.8 cm³/mol. The number of hydrogen-bond acceptors (Lipinski definition) is 2. The second-order valence-electron chi connectivity index (χ2n) is 4.39. The summed E-state index contributed by atoms with van der Waals surface area (Å²) in [4.78, 5) is 0. The number of methoxy groups -OCH3 is 1. The number of benzene rings is 1. The molecular weight excluding hydrogens is 200 g/mol. The molecule has 16 heavy (non-hydrogen) atoms. The molecule has 1 rings (SSSR count). The summed E-state index contributed by atoms with van der Waals surface area (Å²) in [5.41, 5.74) is 1.25. The van der Waals surface area contributed by atoms with Gasteiger partial charge in [-0.05, 0) is 42.4 Å². The van der Waals surface area contributed by atoms with Crippen LogP contribution in [0.4, 0.5) is 0 Å². The predicted octanol–water partition coefficient (Wildman–Crippen LogP) is 3.04. The van der Waals surface area contributed by atoms with Gasteiger partial charge in [0.15, 0.2) is 0 Å². The van der Waals surface area contributed by atoms with Crippen LogP contribution in [0.25, 0.3) is 0 Å². The summed E-state index contributed by atoms with van der Waals surface area (Å²) in [6.07, 6.45) is 2.90. The lowest BCUT2D eigenvalue weighted by molar-refractivity contribution is 0.115. The van der Waals surface area contributed by atoms with Gasteiger partial charge >= 0.3 is 0 Å². The second kappa shape index (κ2) is 5.90. The van der Waals surface area contributed by atoms with Crippen molar-refractivity contribution in [1.29, 1.82) is 0 Å². The largest absolute Gasteiger partial charge is 0.497 e. The molecule has 0 bridgehead atoms. The van der Waals surface area contributed by atoms with E-state index in [-0.39, 0.29) is 12.0 Å². The molecule has 0 aliphatic heterocycles. The Labute approximate surface area is 98.3 Å². The maximum atomic E-state index is 9.53. The van der Waals surface area contributed by atoms with Crippen LogP contribution in [0.1, 0.15) is 32.3 Å². The Hall–Kier alpha value is -1.02. The highest BCUT2D eigenvalue weighted by Gasteiger charge is 2.25. The highest BCUT2D eigenvalue weighted by molar-refractivity contribution is 5.29. The van der Waals surface area contributed by atoms with Crippen molar-refractivity contribution >= 4 is 0 Å². The van der Waals surface area contributed by atoms with E-state index in [1.54, 1.807) is 7.11 Å². The molecule has 0 fully saturated rings. The van der Waals surface area contributed by atoms with E-state index >= 15 is 0 Å². The number of hydrogen-bond donors (Lipinski definition) is 1. The van der Waals surface area contributed by atoms with Gasteiger partial charge in [0, 0.05) is 6.61 Å². The molecule has 0 saturated carbocycles. The van der Waals surface area contributed by atoms with Gasteiger partial charge < -0.3 is 9.84 Å². The fourth-order valence-electron chi connectivity index (χ4n) is 1.99. The van der Waals surface area contributed by atoms with Crippen molar-refractivity contribution in [3.05, 3.63) is 29.8 Å². The van der Waals surface area contributed by atoms with Crippen molar-refractivity contribution < 1.29 is 9.84 Å². The van der Waals surface area contributed by atoms with E-state index in [0.29, 0.717) is 0 Å². The van der Waals surface area contributed by atoms with Gasteiger partial charge in [-0.15, -0.1) is 0 Å². The van der Waals surface area contributed by atoms with Crippen LogP contribution in [-0.4, -0.2) is 18.8 Å². The zero-order chi connectivity index (χ0) is 12.0. The number of ether oxygens (including phenoxy) is 1. The van der Waals surface area contributed by atoms with E-state index in [9.17, 15) is 5.11 Å². The molecule has 0 aliphatic carbocycles. The first kappa shape index (κ1) is 13.0. The van der Waals surface area contributed by atoms with Crippen molar-refractivity contribution in [2.45, 2.75) is 33.1 Å². The summed E-state index contributed by atoms with van der Waals surface area (Å²) in [6.45, 7) is 4.52. The molecule has 90 valence electrons. The summed E-state index contributed by atoms with van der Waals surface area (Å²) in [5.74, 6) is 0.886. The van der Waals surface area contributed by atoms with Crippen molar-refractivity contribution in [3.8, 4) is 5.75 Å². The molecule has 0 heterocycles. The Kier molecular flexibility index (Phi) is 4.81. The van der Waals surface area contributed by atoms with Crippen molar-refractivity contribution in [1.82, 2.24) is 0 Å². The summed E-state index contributed by atoms with van der Waals surface area (Å²) < 4.78 is 5.21. The number of rotatable bonds is 6. The Morgan fingerprint density at radius 1 is 1.25 bits per heavy atom. The number of aliphatic hydroxyl groups excluding tert-OH is 1. The zero-order valence-corrected chi connectivity index (χ0v) is 10.5. The third-order valence-electron chi connectivity index (χ3n) is 3.55. The van der Waals surface area contributed by atoms with Crippen LogP contribution in [0.3, 0.4) is 0 Å². The van der Waals surface area contributed by atoms with Crippen LogP contribution in [-0.2, 0) is 6.42 Å². The molecule has 1 aromatic carbocycles. The number of aliphatic hydroxyl groups is 1. The highest BCUT2D eigenvalue weighted by Crippen LogP contribution is 2.31. The molecule has 2 heteroatoms. The van der Waals surface area contributed by atoms with Crippen LogP contribution in [0.5, 0.6) is 5.75 Å². The summed E-state index contributed by atoms with van der Waals surface area (Å²) >= 11 is 0. The monoisotopic (exact) mass is 222 g/mol. The van der Waals surface area contributed by atoms with E-state index in [4.69, 9.17) is 4.74 Å². The Morgan fingerprint density at radius 2 is 1.94 bits per heavy atom. The minimum Gasteiger partial charge on any atom is -0.497 e. The molecule has 0 radical (unpaired) electrons. The average Bonchev–Trinajstić information content (AvgIpc) is 2.36. The first-order chi connectivity index (χ1) is 7.69. The smallest absolute Gasteiger partial charge is 0.119 e. The highest BCUT2D eigenvalue weighted by atomic mass is 16.5.